The molecule has 7 nitrogen and oxygen atoms in total. The molecule has 4 aromatic rings. The molecule has 154 valence electrons. The SMILES string of the molecule is O=C(Cc1ccc(Br)c2ccccc12)N/N=C\c1ccc(-c2cccc([N+](=O)[O-])c2)o1. The molecule has 1 N–H and O–H groups in total. The first-order chi connectivity index (χ1) is 15.0. The number of benzene rings is 3. The van der Waals surface area contributed by atoms with Gasteiger partial charge in [-0.25, -0.2) is 5.43 Å². The fourth-order valence-corrected chi connectivity index (χ4v) is 3.69. The second-order valence-corrected chi connectivity index (χ2v) is 7.59. The van der Waals surface area contributed by atoms with Gasteiger partial charge in [-0.3, -0.25) is 14.9 Å². The van der Waals surface area contributed by atoms with E-state index in [1.54, 1.807) is 24.3 Å². The number of nitro groups is 1. The number of nitrogens with zero attached hydrogens (tertiary/aromatic N) is 2. The van der Waals surface area contributed by atoms with Crippen molar-refractivity contribution in [2.45, 2.75) is 6.42 Å². The number of amides is 1. The fraction of sp³-hybridized carbons (Fsp3) is 0.0435. The van der Waals surface area contributed by atoms with Crippen molar-refractivity contribution in [3.63, 3.8) is 0 Å². The molecule has 1 heterocycles. The first-order valence-electron chi connectivity index (χ1n) is 9.34. The van der Waals surface area contributed by atoms with Crippen LogP contribution in [0.3, 0.4) is 0 Å². The Morgan fingerprint density at radius 3 is 2.68 bits per heavy atom. The average molecular weight is 478 g/mol. The summed E-state index contributed by atoms with van der Waals surface area (Å²) in [6.07, 6.45) is 1.57. The highest BCUT2D eigenvalue weighted by Gasteiger charge is 2.10. The van der Waals surface area contributed by atoms with Crippen molar-refractivity contribution in [1.29, 1.82) is 0 Å². The van der Waals surface area contributed by atoms with E-state index in [0.717, 1.165) is 20.8 Å². The molecule has 0 fully saturated rings. The summed E-state index contributed by atoms with van der Waals surface area (Å²) in [4.78, 5) is 22.8. The van der Waals surface area contributed by atoms with E-state index in [2.05, 4.69) is 26.5 Å². The zero-order valence-corrected chi connectivity index (χ0v) is 17.7. The average Bonchev–Trinajstić information content (AvgIpc) is 3.25. The highest BCUT2D eigenvalue weighted by Crippen LogP contribution is 2.27. The fourth-order valence-electron chi connectivity index (χ4n) is 3.21. The molecule has 0 aliphatic heterocycles. The lowest BCUT2D eigenvalue weighted by Gasteiger charge is -2.07. The third-order valence-electron chi connectivity index (χ3n) is 4.66. The molecule has 3 aromatic carbocycles. The van der Waals surface area contributed by atoms with E-state index in [9.17, 15) is 14.9 Å². The minimum Gasteiger partial charge on any atom is -0.455 e. The predicted octanol–water partition coefficient (Wildman–Crippen LogP) is 5.46. The van der Waals surface area contributed by atoms with Crippen LogP contribution in [0.5, 0.6) is 0 Å². The number of carbonyl (C=O) groups is 1. The number of nitro benzene ring substituents is 1. The number of hydrogen-bond acceptors (Lipinski definition) is 5. The number of non-ortho nitro benzene ring substituents is 1. The zero-order chi connectivity index (χ0) is 21.8. The molecular formula is C23H16BrN3O4. The Hall–Kier alpha value is -3.78. The van der Waals surface area contributed by atoms with Gasteiger partial charge in [0.05, 0.1) is 17.6 Å². The summed E-state index contributed by atoms with van der Waals surface area (Å²) in [5, 5.41) is 16.9. The van der Waals surface area contributed by atoms with Gasteiger partial charge in [-0.15, -0.1) is 0 Å². The summed E-state index contributed by atoms with van der Waals surface area (Å²) in [7, 11) is 0. The minimum atomic E-state index is -0.459. The molecule has 0 spiro atoms. The van der Waals surface area contributed by atoms with Crippen LogP contribution in [0.2, 0.25) is 0 Å². The second-order valence-electron chi connectivity index (χ2n) is 6.73. The maximum Gasteiger partial charge on any atom is 0.270 e. The normalized spacial score (nSPS) is 11.1. The Morgan fingerprint density at radius 1 is 1.06 bits per heavy atom. The lowest BCUT2D eigenvalue weighted by molar-refractivity contribution is -0.384. The summed E-state index contributed by atoms with van der Waals surface area (Å²) in [6.45, 7) is 0. The monoisotopic (exact) mass is 477 g/mol. The zero-order valence-electron chi connectivity index (χ0n) is 16.1. The Morgan fingerprint density at radius 2 is 1.87 bits per heavy atom. The molecule has 1 amide bonds. The van der Waals surface area contributed by atoms with Crippen LogP contribution in [0, 0.1) is 10.1 Å². The smallest absolute Gasteiger partial charge is 0.270 e. The summed E-state index contributed by atoms with van der Waals surface area (Å²) in [5.74, 6) is 0.628. The molecule has 0 unspecified atom stereocenters. The van der Waals surface area contributed by atoms with Gasteiger partial charge >= 0.3 is 0 Å². The van der Waals surface area contributed by atoms with Crippen LogP contribution in [0.4, 0.5) is 5.69 Å². The Labute approximate surface area is 185 Å². The van der Waals surface area contributed by atoms with Crippen LogP contribution in [0.25, 0.3) is 22.1 Å². The van der Waals surface area contributed by atoms with E-state index in [-0.39, 0.29) is 18.0 Å². The maximum atomic E-state index is 12.3. The van der Waals surface area contributed by atoms with Crippen molar-refractivity contribution >= 4 is 44.5 Å². The molecule has 0 saturated carbocycles. The van der Waals surface area contributed by atoms with E-state index in [0.29, 0.717) is 17.1 Å². The van der Waals surface area contributed by atoms with Gasteiger partial charge in [0.2, 0.25) is 5.91 Å². The van der Waals surface area contributed by atoms with Crippen LogP contribution in [0.15, 0.2) is 86.8 Å². The highest BCUT2D eigenvalue weighted by molar-refractivity contribution is 9.10. The van der Waals surface area contributed by atoms with Crippen molar-refractivity contribution in [3.05, 3.63) is 98.7 Å². The van der Waals surface area contributed by atoms with Crippen molar-refractivity contribution in [1.82, 2.24) is 5.43 Å². The van der Waals surface area contributed by atoms with Crippen LogP contribution in [0.1, 0.15) is 11.3 Å². The van der Waals surface area contributed by atoms with Crippen LogP contribution < -0.4 is 5.43 Å². The Bertz CT molecular complexity index is 1310. The first-order valence-corrected chi connectivity index (χ1v) is 10.1. The number of hydrazone groups is 1. The lowest BCUT2D eigenvalue weighted by atomic mass is 10.0. The molecule has 0 aliphatic rings. The lowest BCUT2D eigenvalue weighted by Crippen LogP contribution is -2.19. The third-order valence-corrected chi connectivity index (χ3v) is 5.35. The maximum absolute atomic E-state index is 12.3. The van der Waals surface area contributed by atoms with Gasteiger partial charge in [-0.05, 0) is 34.5 Å². The van der Waals surface area contributed by atoms with Gasteiger partial charge in [-0.2, -0.15) is 5.10 Å². The molecule has 4 rings (SSSR count). The van der Waals surface area contributed by atoms with Crippen LogP contribution in [-0.2, 0) is 11.2 Å². The number of fused-ring (bicyclic) bond motifs is 1. The largest absolute Gasteiger partial charge is 0.455 e. The number of halogens is 1. The molecule has 8 heteroatoms. The molecule has 0 bridgehead atoms. The molecule has 0 aliphatic carbocycles. The highest BCUT2D eigenvalue weighted by atomic mass is 79.9. The van der Waals surface area contributed by atoms with E-state index in [1.807, 2.05) is 36.4 Å². The van der Waals surface area contributed by atoms with Gasteiger partial charge in [0, 0.05) is 22.2 Å². The van der Waals surface area contributed by atoms with Crippen molar-refractivity contribution in [2.24, 2.45) is 5.10 Å². The van der Waals surface area contributed by atoms with E-state index in [4.69, 9.17) is 4.42 Å². The first kappa shape index (κ1) is 20.5. The molecular weight excluding hydrogens is 462 g/mol. The standard InChI is InChI=1S/C23H16BrN3O4/c24-21-10-8-15(19-6-1-2-7-20(19)21)13-23(28)26-25-14-18-9-11-22(31-18)16-4-3-5-17(12-16)27(29)30/h1-12,14H,13H2,(H,26,28)/b25-14-. The third kappa shape index (κ3) is 4.70. The minimum absolute atomic E-state index is 0.0168. The van der Waals surface area contributed by atoms with Crippen molar-refractivity contribution < 1.29 is 14.1 Å². The van der Waals surface area contributed by atoms with Crippen molar-refractivity contribution in [3.8, 4) is 11.3 Å². The van der Waals surface area contributed by atoms with Crippen LogP contribution in [-0.4, -0.2) is 17.0 Å². The quantitative estimate of drug-likeness (QED) is 0.226. The number of rotatable bonds is 6. The summed E-state index contributed by atoms with van der Waals surface area (Å²) < 4.78 is 6.62. The van der Waals surface area contributed by atoms with Crippen LogP contribution >= 0.6 is 15.9 Å². The summed E-state index contributed by atoms with van der Waals surface area (Å²) in [6, 6.07) is 21.2. The molecule has 0 radical (unpaired) electrons. The predicted molar refractivity (Wildman–Crippen MR) is 122 cm³/mol. The molecule has 0 atom stereocenters. The number of furan rings is 1. The second kappa shape index (κ2) is 8.93. The van der Waals surface area contributed by atoms with Gasteiger partial charge in [0.1, 0.15) is 11.5 Å². The van der Waals surface area contributed by atoms with Crippen molar-refractivity contribution in [2.75, 3.05) is 0 Å². The molecule has 31 heavy (non-hydrogen) atoms. The Balaban J connectivity index is 1.42. The Kier molecular flexibility index (Phi) is 5.90. The number of nitrogens with one attached hydrogen (secondary N) is 1. The van der Waals surface area contributed by atoms with Gasteiger partial charge in [0.25, 0.3) is 5.69 Å². The summed E-state index contributed by atoms with van der Waals surface area (Å²) >= 11 is 3.53. The molecule has 1 aromatic heterocycles. The number of hydrogen-bond donors (Lipinski definition) is 1. The van der Waals surface area contributed by atoms with E-state index < -0.39 is 4.92 Å². The van der Waals surface area contributed by atoms with E-state index in [1.165, 1.54) is 18.3 Å². The summed E-state index contributed by atoms with van der Waals surface area (Å²) in [5.41, 5.74) is 3.97. The van der Waals surface area contributed by atoms with E-state index >= 15 is 0 Å². The van der Waals surface area contributed by atoms with Gasteiger partial charge in [-0.1, -0.05) is 58.4 Å². The topological polar surface area (TPSA) is 97.7 Å². The van der Waals surface area contributed by atoms with Gasteiger partial charge in [0.15, 0.2) is 0 Å². The van der Waals surface area contributed by atoms with Gasteiger partial charge < -0.3 is 4.42 Å². The number of carbonyl (C=O) groups excluding carboxylic acids is 1. The molecule has 0 saturated heterocycles.